The van der Waals surface area contributed by atoms with E-state index in [0.29, 0.717) is 41.1 Å². The molecule has 2 amide bonds. The molecule has 1 atom stereocenters. The number of phenols is 1. The number of benzene rings is 2. The fourth-order valence-corrected chi connectivity index (χ4v) is 5.32. The van der Waals surface area contributed by atoms with Crippen molar-refractivity contribution < 1.29 is 32.7 Å². The van der Waals surface area contributed by atoms with Crippen molar-refractivity contribution in [2.75, 3.05) is 13.1 Å². The molecule has 0 aliphatic heterocycles. The molecule has 0 heterocycles. The van der Waals surface area contributed by atoms with Crippen LogP contribution in [0.3, 0.4) is 0 Å². The Kier molecular flexibility index (Phi) is 14.6. The number of aliphatic imine (C=N–C) groups is 1. The molecule has 0 spiro atoms. The van der Waals surface area contributed by atoms with Crippen LogP contribution in [-0.4, -0.2) is 58.9 Å². The largest absolute Gasteiger partial charge is 0.508 e. The van der Waals surface area contributed by atoms with Crippen molar-refractivity contribution in [3.8, 4) is 5.75 Å². The maximum atomic E-state index is 13.2. The summed E-state index contributed by atoms with van der Waals surface area (Å²) in [5, 5.41) is 20.5. The monoisotopic (exact) mass is 671 g/mol. The number of carbonyl (C=O) groups excluding carboxylic acids is 3. The number of alkyl halides is 3. The molecular formula is C36H48F3N5O4. The van der Waals surface area contributed by atoms with Gasteiger partial charge in [-0.05, 0) is 93.5 Å². The van der Waals surface area contributed by atoms with E-state index in [9.17, 15) is 27.9 Å². The molecule has 2 aliphatic carbocycles. The van der Waals surface area contributed by atoms with Crippen LogP contribution in [0.4, 0.5) is 23.7 Å². The molecule has 0 saturated heterocycles. The lowest BCUT2D eigenvalue weighted by Crippen LogP contribution is -2.46. The molecule has 12 heteroatoms. The minimum Gasteiger partial charge on any atom is -0.508 e. The lowest BCUT2D eigenvalue weighted by Gasteiger charge is -2.35. The number of Topliss-reactive ketones (excluding diaryl/α,β-unsaturated/α-hetero) is 1. The van der Waals surface area contributed by atoms with Crippen molar-refractivity contribution in [1.29, 1.82) is 5.41 Å². The lowest BCUT2D eigenvalue weighted by molar-refractivity contribution is -0.135. The molecular weight excluding hydrogens is 623 g/mol. The van der Waals surface area contributed by atoms with Crippen molar-refractivity contribution >= 4 is 35.3 Å². The molecule has 0 radical (unpaired) electrons. The molecule has 262 valence electrons. The van der Waals surface area contributed by atoms with Gasteiger partial charge in [0, 0.05) is 41.3 Å². The SMILES string of the molecule is CC.CC=O.Cc1cccc(N=C2CC(C)(C(=O)C3CC3)CC/C2=C(/N)CNC(=O)N(CCC(F)(F)F)C(=N)c2ccc(O)cc2)c1C. The number of ketones is 1. The number of aryl methyl sites for hydroxylation is 1. The van der Waals surface area contributed by atoms with E-state index in [0.717, 1.165) is 35.9 Å². The van der Waals surface area contributed by atoms with E-state index in [1.54, 1.807) is 0 Å². The number of allylic oxidation sites excluding steroid dienone is 1. The van der Waals surface area contributed by atoms with Crippen LogP contribution >= 0.6 is 0 Å². The summed E-state index contributed by atoms with van der Waals surface area (Å²) in [6.45, 7) is 10.4. The number of hydrogen-bond donors (Lipinski definition) is 4. The van der Waals surface area contributed by atoms with Crippen molar-refractivity contribution in [2.45, 2.75) is 86.2 Å². The van der Waals surface area contributed by atoms with Gasteiger partial charge in [-0.2, -0.15) is 13.2 Å². The second-order valence-electron chi connectivity index (χ2n) is 12.0. The minimum absolute atomic E-state index is 0.0806. The van der Waals surface area contributed by atoms with Gasteiger partial charge in [0.15, 0.2) is 0 Å². The molecule has 5 N–H and O–H groups in total. The number of phenolic OH excluding ortho intramolecular Hbond substituents is 1. The van der Waals surface area contributed by atoms with Crippen LogP contribution in [0.15, 0.2) is 58.7 Å². The van der Waals surface area contributed by atoms with E-state index >= 15 is 0 Å². The first kappa shape index (κ1) is 39.7. The molecule has 0 aromatic heterocycles. The number of nitrogens with zero attached hydrogens (tertiary/aromatic N) is 2. The van der Waals surface area contributed by atoms with Gasteiger partial charge in [0.1, 0.15) is 23.7 Å². The Hall–Kier alpha value is -4.48. The maximum Gasteiger partial charge on any atom is 0.390 e. The zero-order valence-corrected chi connectivity index (χ0v) is 28.6. The van der Waals surface area contributed by atoms with Crippen LogP contribution in [0, 0.1) is 30.6 Å². The minimum atomic E-state index is -4.54. The number of aromatic hydroxyl groups is 1. The molecule has 1 unspecified atom stereocenters. The molecule has 48 heavy (non-hydrogen) atoms. The third kappa shape index (κ3) is 11.1. The van der Waals surface area contributed by atoms with E-state index in [2.05, 4.69) is 5.32 Å². The predicted octanol–water partition coefficient (Wildman–Crippen LogP) is 7.68. The number of urea groups is 1. The maximum absolute atomic E-state index is 13.2. The van der Waals surface area contributed by atoms with Crippen LogP contribution in [-0.2, 0) is 9.59 Å². The molecule has 2 aromatic rings. The van der Waals surface area contributed by atoms with Gasteiger partial charge in [-0.15, -0.1) is 0 Å². The van der Waals surface area contributed by atoms with Gasteiger partial charge < -0.3 is 21.0 Å². The Bertz CT molecular complexity index is 1510. The molecule has 2 aliphatic rings. The highest BCUT2D eigenvalue weighted by molar-refractivity contribution is 6.07. The Balaban J connectivity index is 0.00000151. The van der Waals surface area contributed by atoms with Crippen molar-refractivity contribution in [3.63, 3.8) is 0 Å². The molecule has 0 bridgehead atoms. The summed E-state index contributed by atoms with van der Waals surface area (Å²) >= 11 is 0. The van der Waals surface area contributed by atoms with Gasteiger partial charge in [-0.3, -0.25) is 20.1 Å². The third-order valence-corrected chi connectivity index (χ3v) is 8.30. The number of amides is 2. The second kappa shape index (κ2) is 17.6. The summed E-state index contributed by atoms with van der Waals surface area (Å²) in [5.74, 6) is -0.207. The number of rotatable bonds is 8. The number of hydrogen-bond acceptors (Lipinski definition) is 7. The number of nitrogens with one attached hydrogen (secondary N) is 2. The highest BCUT2D eigenvalue weighted by Gasteiger charge is 2.45. The second-order valence-corrected chi connectivity index (χ2v) is 12.0. The van der Waals surface area contributed by atoms with Gasteiger partial charge >= 0.3 is 12.2 Å². The highest BCUT2D eigenvalue weighted by atomic mass is 19.4. The number of halogens is 3. The van der Waals surface area contributed by atoms with Crippen LogP contribution in [0.25, 0.3) is 0 Å². The topological polar surface area (TPSA) is 149 Å². The van der Waals surface area contributed by atoms with E-state index in [4.69, 9.17) is 20.9 Å². The van der Waals surface area contributed by atoms with Gasteiger partial charge in [-0.1, -0.05) is 32.9 Å². The number of nitrogens with two attached hydrogens (primary N) is 1. The van der Waals surface area contributed by atoms with Gasteiger partial charge in [0.25, 0.3) is 0 Å². The normalized spacial score (nSPS) is 19.1. The first-order valence-electron chi connectivity index (χ1n) is 16.2. The van der Waals surface area contributed by atoms with E-state index in [1.807, 2.05) is 52.8 Å². The lowest BCUT2D eigenvalue weighted by atomic mass is 9.68. The van der Waals surface area contributed by atoms with Gasteiger partial charge in [-0.25, -0.2) is 4.79 Å². The summed E-state index contributed by atoms with van der Waals surface area (Å²) < 4.78 is 39.2. The smallest absolute Gasteiger partial charge is 0.390 e. The predicted molar refractivity (Wildman–Crippen MR) is 183 cm³/mol. The van der Waals surface area contributed by atoms with Crippen LogP contribution in [0.1, 0.15) is 82.9 Å². The molecule has 2 saturated carbocycles. The van der Waals surface area contributed by atoms with Crippen molar-refractivity contribution in [2.24, 2.45) is 22.1 Å². The Morgan fingerprint density at radius 2 is 1.75 bits per heavy atom. The zero-order chi connectivity index (χ0) is 36.2. The molecule has 4 rings (SSSR count). The average Bonchev–Trinajstić information content (AvgIpc) is 3.89. The summed E-state index contributed by atoms with van der Waals surface area (Å²) in [5.41, 5.74) is 10.6. The molecule has 2 fully saturated rings. The summed E-state index contributed by atoms with van der Waals surface area (Å²) in [6.07, 6.45) is -1.87. The number of aldehydes is 1. The fourth-order valence-electron chi connectivity index (χ4n) is 5.32. The van der Waals surface area contributed by atoms with Crippen LogP contribution < -0.4 is 11.1 Å². The Morgan fingerprint density at radius 1 is 1.15 bits per heavy atom. The number of amidine groups is 1. The standard InChI is InChI=1S/C32H38F3N5O3.C2H4O.C2H6/c1-19-5-4-6-26(20(19)2)39-27-17-31(3,28(42)21-7-8-21)14-13-24(27)25(36)18-38-30(43)40(16-15-32(33,34)35)29(37)22-9-11-23(41)12-10-22;1-2-3;1-2/h4-6,9-12,21,37,41H,7-8,13-18,36H2,1-3H3,(H,38,43);2H,1H3;1-2H3/b25-24-,37-29?,39-27?;;. The van der Waals surface area contributed by atoms with Gasteiger partial charge in [0.2, 0.25) is 0 Å². The van der Waals surface area contributed by atoms with Crippen molar-refractivity contribution in [3.05, 3.63) is 70.4 Å². The zero-order valence-electron chi connectivity index (χ0n) is 28.6. The highest BCUT2D eigenvalue weighted by Crippen LogP contribution is 2.46. The quantitative estimate of drug-likeness (QED) is 0.129. The first-order valence-corrected chi connectivity index (χ1v) is 16.2. The average molecular weight is 672 g/mol. The summed E-state index contributed by atoms with van der Waals surface area (Å²) in [7, 11) is 0. The Labute approximate surface area is 281 Å². The van der Waals surface area contributed by atoms with Crippen LogP contribution in [0.2, 0.25) is 0 Å². The van der Waals surface area contributed by atoms with Gasteiger partial charge in [0.05, 0.1) is 18.7 Å². The van der Waals surface area contributed by atoms with Crippen molar-refractivity contribution in [1.82, 2.24) is 10.2 Å². The Morgan fingerprint density at radius 3 is 2.31 bits per heavy atom. The first-order chi connectivity index (χ1) is 22.6. The van der Waals surface area contributed by atoms with E-state index in [1.165, 1.54) is 31.2 Å². The number of carbonyl (C=O) groups is 3. The third-order valence-electron chi connectivity index (χ3n) is 8.30. The van der Waals surface area contributed by atoms with E-state index in [-0.39, 0.29) is 29.6 Å². The summed E-state index contributed by atoms with van der Waals surface area (Å²) in [4.78, 5) is 40.8. The van der Waals surface area contributed by atoms with E-state index < -0.39 is 36.4 Å². The fraction of sp³-hybridized carbons (Fsp3) is 0.472. The summed E-state index contributed by atoms with van der Waals surface area (Å²) in [6, 6.07) is 10.1. The molecule has 2 aromatic carbocycles. The molecule has 9 nitrogen and oxygen atoms in total. The van der Waals surface area contributed by atoms with Crippen LogP contribution in [0.5, 0.6) is 5.75 Å².